The summed E-state index contributed by atoms with van der Waals surface area (Å²) >= 11 is 4.76. The van der Waals surface area contributed by atoms with E-state index in [0.29, 0.717) is 10.5 Å². The van der Waals surface area contributed by atoms with Gasteiger partial charge in [-0.2, -0.15) is 0 Å². The predicted molar refractivity (Wildman–Crippen MR) is 60.1 cm³/mol. The molecule has 1 aromatic carbocycles. The summed E-state index contributed by atoms with van der Waals surface area (Å²) in [6, 6.07) is 6.27. The zero-order chi connectivity index (χ0) is 10.8. The molecule has 14 heavy (non-hydrogen) atoms. The second kappa shape index (κ2) is 4.06. The molecule has 0 bridgehead atoms. The van der Waals surface area contributed by atoms with Gasteiger partial charge in [0.1, 0.15) is 4.99 Å². The van der Waals surface area contributed by atoms with Crippen molar-refractivity contribution in [2.24, 2.45) is 5.73 Å². The van der Waals surface area contributed by atoms with Crippen molar-refractivity contribution in [3.8, 4) is 0 Å². The van der Waals surface area contributed by atoms with Gasteiger partial charge in [-0.05, 0) is 12.1 Å². The van der Waals surface area contributed by atoms with Crippen LogP contribution < -0.4 is 5.73 Å². The fraction of sp³-hybridized carbons (Fsp3) is 0.222. The number of thiocarbonyl (C=S) groups is 1. The maximum atomic E-state index is 11.4. The van der Waals surface area contributed by atoms with E-state index in [2.05, 4.69) is 0 Å². The number of hydrogen-bond donors (Lipinski definition) is 1. The lowest BCUT2D eigenvalue weighted by Crippen LogP contribution is -2.10. The summed E-state index contributed by atoms with van der Waals surface area (Å²) in [7, 11) is -3.12. The van der Waals surface area contributed by atoms with Gasteiger partial charge in [0.2, 0.25) is 0 Å². The average Bonchev–Trinajstić information content (AvgIpc) is 2.18. The molecule has 0 atom stereocenters. The van der Waals surface area contributed by atoms with E-state index in [0.717, 1.165) is 0 Å². The van der Waals surface area contributed by atoms with E-state index in [1.807, 2.05) is 0 Å². The molecule has 3 nitrogen and oxygen atoms in total. The van der Waals surface area contributed by atoms with Gasteiger partial charge in [-0.15, -0.1) is 0 Å². The van der Waals surface area contributed by atoms with Crippen LogP contribution in [0, 0.1) is 0 Å². The summed E-state index contributed by atoms with van der Waals surface area (Å²) < 4.78 is 22.8. The predicted octanol–water partition coefficient (Wildman–Crippen LogP) is 1.11. The third kappa shape index (κ3) is 2.30. The Morgan fingerprint density at radius 2 is 1.86 bits per heavy atom. The van der Waals surface area contributed by atoms with Crippen LogP contribution in [0.4, 0.5) is 0 Å². The minimum atomic E-state index is -3.12. The molecule has 0 amide bonds. The zero-order valence-electron chi connectivity index (χ0n) is 7.73. The highest BCUT2D eigenvalue weighted by Gasteiger charge is 2.10. The van der Waals surface area contributed by atoms with Gasteiger partial charge in [-0.3, -0.25) is 0 Å². The van der Waals surface area contributed by atoms with Gasteiger partial charge in [0.15, 0.2) is 9.84 Å². The Kier molecular flexibility index (Phi) is 3.23. The van der Waals surface area contributed by atoms with E-state index in [1.54, 1.807) is 19.1 Å². The topological polar surface area (TPSA) is 60.2 Å². The van der Waals surface area contributed by atoms with Crippen molar-refractivity contribution in [2.45, 2.75) is 11.8 Å². The molecule has 0 aliphatic rings. The first-order chi connectivity index (χ1) is 6.47. The number of benzene rings is 1. The maximum Gasteiger partial charge on any atom is 0.178 e. The first kappa shape index (κ1) is 11.1. The fourth-order valence-electron chi connectivity index (χ4n) is 0.993. The van der Waals surface area contributed by atoms with Gasteiger partial charge >= 0.3 is 0 Å². The lowest BCUT2D eigenvalue weighted by Gasteiger charge is -2.02. The van der Waals surface area contributed by atoms with Crippen molar-refractivity contribution in [1.29, 1.82) is 0 Å². The van der Waals surface area contributed by atoms with Gasteiger partial charge < -0.3 is 5.73 Å². The van der Waals surface area contributed by atoms with Crippen molar-refractivity contribution in [2.75, 3.05) is 5.75 Å². The Hall–Kier alpha value is -0.940. The van der Waals surface area contributed by atoms with Crippen LogP contribution in [0.5, 0.6) is 0 Å². The van der Waals surface area contributed by atoms with E-state index >= 15 is 0 Å². The molecule has 0 saturated heterocycles. The number of hydrogen-bond acceptors (Lipinski definition) is 3. The van der Waals surface area contributed by atoms with Crippen LogP contribution in [0.25, 0.3) is 0 Å². The van der Waals surface area contributed by atoms with Gasteiger partial charge in [0.25, 0.3) is 0 Å². The minimum absolute atomic E-state index is 0.0966. The SMILES string of the molecule is CCS(=O)(=O)c1ccc(C(N)=S)cc1. The Morgan fingerprint density at radius 3 is 2.21 bits per heavy atom. The third-order valence-corrected chi connectivity index (χ3v) is 3.86. The molecule has 0 unspecified atom stereocenters. The largest absolute Gasteiger partial charge is 0.389 e. The highest BCUT2D eigenvalue weighted by Crippen LogP contribution is 2.11. The van der Waals surface area contributed by atoms with Gasteiger partial charge in [-0.25, -0.2) is 8.42 Å². The smallest absolute Gasteiger partial charge is 0.178 e. The molecule has 1 rings (SSSR count). The van der Waals surface area contributed by atoms with Crippen molar-refractivity contribution >= 4 is 27.0 Å². The Balaban J connectivity index is 3.12. The van der Waals surface area contributed by atoms with Crippen LogP contribution in [0.2, 0.25) is 0 Å². The molecular formula is C9H11NO2S2. The van der Waals surface area contributed by atoms with Crippen molar-refractivity contribution in [3.05, 3.63) is 29.8 Å². The Morgan fingerprint density at radius 1 is 1.36 bits per heavy atom. The normalized spacial score (nSPS) is 11.2. The van der Waals surface area contributed by atoms with E-state index in [4.69, 9.17) is 18.0 Å². The summed E-state index contributed by atoms with van der Waals surface area (Å²) in [6.07, 6.45) is 0. The van der Waals surface area contributed by atoms with Crippen LogP contribution in [-0.4, -0.2) is 19.2 Å². The standard InChI is InChI=1S/C9H11NO2S2/c1-2-14(11,12)8-5-3-7(4-6-8)9(10)13/h3-6H,2H2,1H3,(H2,10,13). The molecule has 0 spiro atoms. The summed E-state index contributed by atoms with van der Waals surface area (Å²) in [5.74, 6) is 0.0966. The van der Waals surface area contributed by atoms with Crippen molar-refractivity contribution in [1.82, 2.24) is 0 Å². The lowest BCUT2D eigenvalue weighted by molar-refractivity contribution is 0.597. The highest BCUT2D eigenvalue weighted by molar-refractivity contribution is 7.91. The molecule has 0 fully saturated rings. The molecule has 1 aromatic rings. The molecular weight excluding hydrogens is 218 g/mol. The third-order valence-electron chi connectivity index (χ3n) is 1.88. The molecule has 0 radical (unpaired) electrons. The fourth-order valence-corrected chi connectivity index (χ4v) is 2.01. The van der Waals surface area contributed by atoms with E-state index in [1.165, 1.54) is 12.1 Å². The van der Waals surface area contributed by atoms with E-state index in [-0.39, 0.29) is 10.7 Å². The summed E-state index contributed by atoms with van der Waals surface area (Å²) in [4.78, 5) is 0.574. The van der Waals surface area contributed by atoms with E-state index < -0.39 is 9.84 Å². The monoisotopic (exact) mass is 229 g/mol. The highest BCUT2D eigenvalue weighted by atomic mass is 32.2. The molecule has 0 aliphatic carbocycles. The molecule has 76 valence electrons. The van der Waals surface area contributed by atoms with Gasteiger partial charge in [0.05, 0.1) is 10.6 Å². The van der Waals surface area contributed by atoms with Gasteiger partial charge in [-0.1, -0.05) is 31.3 Å². The Bertz CT molecular complexity index is 434. The molecule has 0 heterocycles. The zero-order valence-corrected chi connectivity index (χ0v) is 9.36. The lowest BCUT2D eigenvalue weighted by atomic mass is 10.2. The molecule has 5 heteroatoms. The van der Waals surface area contributed by atoms with Crippen LogP contribution in [0.15, 0.2) is 29.2 Å². The molecule has 0 aliphatic heterocycles. The van der Waals surface area contributed by atoms with Crippen LogP contribution in [0.1, 0.15) is 12.5 Å². The van der Waals surface area contributed by atoms with Gasteiger partial charge in [0, 0.05) is 5.56 Å². The molecule has 0 saturated carbocycles. The van der Waals surface area contributed by atoms with Crippen LogP contribution >= 0.6 is 12.2 Å². The first-order valence-electron chi connectivity index (χ1n) is 4.10. The van der Waals surface area contributed by atoms with Crippen molar-refractivity contribution < 1.29 is 8.42 Å². The van der Waals surface area contributed by atoms with Crippen molar-refractivity contribution in [3.63, 3.8) is 0 Å². The summed E-state index contributed by atoms with van der Waals surface area (Å²) in [6.45, 7) is 1.61. The summed E-state index contributed by atoms with van der Waals surface area (Å²) in [5, 5.41) is 0. The number of rotatable bonds is 3. The maximum absolute atomic E-state index is 11.4. The van der Waals surface area contributed by atoms with E-state index in [9.17, 15) is 8.42 Å². The summed E-state index contributed by atoms with van der Waals surface area (Å²) in [5.41, 5.74) is 6.06. The average molecular weight is 229 g/mol. The number of sulfone groups is 1. The first-order valence-corrected chi connectivity index (χ1v) is 6.16. The van der Waals surface area contributed by atoms with Crippen LogP contribution in [0.3, 0.4) is 0 Å². The second-order valence-corrected chi connectivity index (χ2v) is 5.51. The van der Waals surface area contributed by atoms with Crippen LogP contribution in [-0.2, 0) is 9.84 Å². The second-order valence-electron chi connectivity index (χ2n) is 2.79. The minimum Gasteiger partial charge on any atom is -0.389 e. The molecule has 0 aromatic heterocycles. The number of nitrogens with two attached hydrogens (primary N) is 1. The Labute approximate surface area is 88.9 Å². The molecule has 2 N–H and O–H groups in total. The quantitative estimate of drug-likeness (QED) is 0.789.